The number of para-hydroxylation sites is 1. The quantitative estimate of drug-likeness (QED) is 0.438. The highest BCUT2D eigenvalue weighted by Crippen LogP contribution is 2.36. The molecule has 2 amide bonds. The van der Waals surface area contributed by atoms with Crippen LogP contribution in [0.2, 0.25) is 0 Å². The molecule has 4 rings (SSSR count). The number of rotatable bonds is 6. The highest BCUT2D eigenvalue weighted by molar-refractivity contribution is 6.10. The molecule has 176 valence electrons. The molecule has 0 fully saturated rings. The maximum atomic E-state index is 13.7. The van der Waals surface area contributed by atoms with Crippen LogP contribution in [0.25, 0.3) is 10.9 Å². The summed E-state index contributed by atoms with van der Waals surface area (Å²) in [6.45, 7) is 2.95. The van der Waals surface area contributed by atoms with Crippen LogP contribution in [0.1, 0.15) is 50.9 Å². The van der Waals surface area contributed by atoms with Crippen molar-refractivity contribution in [3.8, 4) is 0 Å². The molecule has 3 aromatic heterocycles. The number of aromatic nitrogens is 5. The molecule has 34 heavy (non-hydrogen) atoms. The number of hydrogen-bond donors (Lipinski definition) is 2. The molecule has 0 saturated carbocycles. The zero-order valence-electron chi connectivity index (χ0n) is 18.0. The van der Waals surface area contributed by atoms with Crippen molar-refractivity contribution < 1.29 is 27.3 Å². The Bertz CT molecular complexity index is 1410. The summed E-state index contributed by atoms with van der Waals surface area (Å²) in [4.78, 5) is 33.0. The molecule has 0 unspecified atom stereocenters. The molecule has 1 aromatic carbocycles. The van der Waals surface area contributed by atoms with E-state index in [1.54, 1.807) is 31.2 Å². The van der Waals surface area contributed by atoms with Crippen molar-refractivity contribution in [1.29, 1.82) is 0 Å². The molecule has 13 heteroatoms. The molecular formula is C21H18F3N7O3. The van der Waals surface area contributed by atoms with Gasteiger partial charge in [-0.1, -0.05) is 30.3 Å². The number of nitrogens with one attached hydrogen (secondary N) is 1. The number of benzene rings is 1. The van der Waals surface area contributed by atoms with E-state index < -0.39 is 29.4 Å². The van der Waals surface area contributed by atoms with Crippen LogP contribution in [0, 0.1) is 6.92 Å². The normalized spacial score (nSPS) is 11.7. The van der Waals surface area contributed by atoms with E-state index in [1.807, 2.05) is 0 Å². The molecule has 0 radical (unpaired) electrons. The average molecular weight is 473 g/mol. The van der Waals surface area contributed by atoms with E-state index in [4.69, 9.17) is 10.3 Å². The van der Waals surface area contributed by atoms with Gasteiger partial charge in [-0.2, -0.15) is 23.3 Å². The van der Waals surface area contributed by atoms with Crippen LogP contribution < -0.4 is 11.1 Å². The number of hydrogen-bond acceptors (Lipinski definition) is 7. The van der Waals surface area contributed by atoms with Crippen LogP contribution in [0.3, 0.4) is 0 Å². The largest absolute Gasteiger partial charge is 0.437 e. The number of carbonyl (C=O) groups excluding carboxylic acids is 2. The van der Waals surface area contributed by atoms with Crippen molar-refractivity contribution in [3.05, 3.63) is 64.7 Å². The van der Waals surface area contributed by atoms with Gasteiger partial charge in [0.2, 0.25) is 11.8 Å². The second-order valence-electron chi connectivity index (χ2n) is 7.31. The number of aryl methyl sites for hydroxylation is 1. The van der Waals surface area contributed by atoms with Gasteiger partial charge >= 0.3 is 6.18 Å². The average Bonchev–Trinajstić information content (AvgIpc) is 3.37. The molecule has 0 saturated heterocycles. The van der Waals surface area contributed by atoms with Crippen molar-refractivity contribution in [2.45, 2.75) is 33.0 Å². The Hall–Kier alpha value is -4.29. The van der Waals surface area contributed by atoms with E-state index in [1.165, 1.54) is 6.92 Å². The summed E-state index contributed by atoms with van der Waals surface area (Å²) in [6.07, 6.45) is -4.40. The summed E-state index contributed by atoms with van der Waals surface area (Å²) in [5.41, 5.74) is 3.61. The fourth-order valence-corrected chi connectivity index (χ4v) is 3.35. The number of pyridine rings is 1. The van der Waals surface area contributed by atoms with Crippen LogP contribution in [0.4, 0.5) is 18.9 Å². The lowest BCUT2D eigenvalue weighted by Gasteiger charge is -2.10. The second kappa shape index (κ2) is 8.57. The molecule has 0 aliphatic rings. The Kier molecular flexibility index (Phi) is 5.77. The summed E-state index contributed by atoms with van der Waals surface area (Å²) in [7, 11) is 0. The molecule has 0 atom stereocenters. The number of fused-ring (bicyclic) bond motifs is 1. The molecule has 0 aliphatic heterocycles. The van der Waals surface area contributed by atoms with Crippen molar-refractivity contribution >= 4 is 28.4 Å². The van der Waals surface area contributed by atoms with Crippen molar-refractivity contribution in [2.24, 2.45) is 5.73 Å². The summed E-state index contributed by atoms with van der Waals surface area (Å²) in [5, 5.41) is 9.98. The van der Waals surface area contributed by atoms with Crippen molar-refractivity contribution in [3.63, 3.8) is 0 Å². The van der Waals surface area contributed by atoms with E-state index >= 15 is 0 Å². The van der Waals surface area contributed by atoms with Crippen molar-refractivity contribution in [2.75, 3.05) is 5.32 Å². The van der Waals surface area contributed by atoms with Crippen LogP contribution in [0.5, 0.6) is 0 Å². The third-order valence-electron chi connectivity index (χ3n) is 5.03. The maximum absolute atomic E-state index is 13.7. The molecule has 3 heterocycles. The number of halogens is 3. The number of amides is 2. The monoisotopic (exact) mass is 473 g/mol. The lowest BCUT2D eigenvalue weighted by molar-refractivity contribution is -0.140. The van der Waals surface area contributed by atoms with Crippen LogP contribution >= 0.6 is 0 Å². The third-order valence-corrected chi connectivity index (χ3v) is 5.03. The molecule has 0 aliphatic carbocycles. The first kappa shape index (κ1) is 22.9. The summed E-state index contributed by atoms with van der Waals surface area (Å²) >= 11 is 0. The molecule has 10 nitrogen and oxygen atoms in total. The lowest BCUT2D eigenvalue weighted by atomic mass is 10.1. The SMILES string of the molecule is CCc1nc(Cn2nc(C(F)(F)F)c(NC(=O)c3cc(C(N)=O)c4ccccc4n3)c2C)no1. The molecule has 0 spiro atoms. The van der Waals surface area contributed by atoms with Gasteiger partial charge in [0.1, 0.15) is 12.2 Å². The minimum Gasteiger partial charge on any atom is -0.366 e. The molecule has 4 aromatic rings. The number of nitrogens with two attached hydrogens (primary N) is 1. The highest BCUT2D eigenvalue weighted by atomic mass is 19.4. The predicted molar refractivity (Wildman–Crippen MR) is 113 cm³/mol. The van der Waals surface area contributed by atoms with Gasteiger partial charge in [-0.15, -0.1) is 0 Å². The Balaban J connectivity index is 1.72. The number of primary amides is 1. The molecule has 3 N–H and O–H groups in total. The Morgan fingerprint density at radius 1 is 1.21 bits per heavy atom. The topological polar surface area (TPSA) is 142 Å². The third kappa shape index (κ3) is 4.31. The van der Waals surface area contributed by atoms with Gasteiger partial charge in [-0.25, -0.2) is 4.98 Å². The smallest absolute Gasteiger partial charge is 0.366 e. The maximum Gasteiger partial charge on any atom is 0.437 e. The fourth-order valence-electron chi connectivity index (χ4n) is 3.35. The highest BCUT2D eigenvalue weighted by Gasteiger charge is 2.39. The van der Waals surface area contributed by atoms with Crippen LogP contribution in [0.15, 0.2) is 34.9 Å². The van der Waals surface area contributed by atoms with Gasteiger partial charge in [0, 0.05) is 11.8 Å². The van der Waals surface area contributed by atoms with E-state index in [-0.39, 0.29) is 34.8 Å². The number of alkyl halides is 3. The van der Waals surface area contributed by atoms with Crippen LogP contribution in [-0.2, 0) is 19.1 Å². The van der Waals surface area contributed by atoms with E-state index in [0.29, 0.717) is 17.7 Å². The minimum atomic E-state index is -4.86. The first-order valence-corrected chi connectivity index (χ1v) is 10.1. The predicted octanol–water partition coefficient (Wildman–Crippen LogP) is 3.10. The summed E-state index contributed by atoms with van der Waals surface area (Å²) in [6, 6.07) is 7.59. The Morgan fingerprint density at radius 3 is 2.59 bits per heavy atom. The van der Waals surface area contributed by atoms with E-state index in [2.05, 4.69) is 25.5 Å². The number of anilines is 1. The summed E-state index contributed by atoms with van der Waals surface area (Å²) in [5.74, 6) is -1.30. The first-order chi connectivity index (χ1) is 16.1. The van der Waals surface area contributed by atoms with E-state index in [9.17, 15) is 22.8 Å². The minimum absolute atomic E-state index is 0.0134. The van der Waals surface area contributed by atoms with Crippen molar-refractivity contribution in [1.82, 2.24) is 24.9 Å². The number of carbonyl (C=O) groups is 2. The fraction of sp³-hybridized carbons (Fsp3) is 0.238. The summed E-state index contributed by atoms with van der Waals surface area (Å²) < 4.78 is 47.1. The zero-order valence-corrected chi connectivity index (χ0v) is 18.0. The Labute approximate surface area is 190 Å². The first-order valence-electron chi connectivity index (χ1n) is 10.1. The lowest BCUT2D eigenvalue weighted by Crippen LogP contribution is -2.19. The zero-order chi connectivity index (χ0) is 24.6. The molecular weight excluding hydrogens is 455 g/mol. The van der Waals surface area contributed by atoms with Gasteiger partial charge in [0.05, 0.1) is 22.5 Å². The standard InChI is InChI=1S/C21H18F3N7O3/c1-3-16-27-15(30-34-16)9-31-10(2)17(18(29-31)21(22,23)24)28-20(33)14-8-12(19(25)32)11-6-4-5-7-13(11)26-14/h4-8H,3,9H2,1-2H3,(H2,25,32)(H,28,33). The van der Waals surface area contributed by atoms with Gasteiger partial charge in [-0.05, 0) is 19.1 Å². The van der Waals surface area contributed by atoms with Crippen LogP contribution in [-0.4, -0.2) is 36.7 Å². The molecule has 0 bridgehead atoms. The van der Waals surface area contributed by atoms with Gasteiger partial charge < -0.3 is 15.6 Å². The van der Waals surface area contributed by atoms with Gasteiger partial charge in [0.25, 0.3) is 5.91 Å². The second-order valence-corrected chi connectivity index (χ2v) is 7.31. The van der Waals surface area contributed by atoms with Gasteiger partial charge in [0.15, 0.2) is 11.5 Å². The van der Waals surface area contributed by atoms with E-state index in [0.717, 1.165) is 10.7 Å². The Morgan fingerprint density at radius 2 is 1.94 bits per heavy atom. The van der Waals surface area contributed by atoms with Gasteiger partial charge in [-0.3, -0.25) is 14.3 Å². The number of nitrogens with zero attached hydrogens (tertiary/aromatic N) is 5.